The first-order chi connectivity index (χ1) is 16.3. The van der Waals surface area contributed by atoms with E-state index in [2.05, 4.69) is 71.9 Å². The standard InChI is InChI=1S/C29H31NO3/c1-31-25-16-14-24(15-17-25)30(20-22-8-6-18-32-28-12-4-2-10-26(22)28)21-23-9-7-19-33-29-13-5-3-11-27(23)29/h2-5,10-17,20-21,26,28H,6-9,18-19H2,1H3/b22-20+,23-21+. The van der Waals surface area contributed by atoms with Gasteiger partial charge in [-0.05, 0) is 67.2 Å². The number of para-hydroxylation sites is 1. The van der Waals surface area contributed by atoms with Crippen LogP contribution in [0.4, 0.5) is 5.69 Å². The number of hydrogen-bond donors (Lipinski definition) is 0. The topological polar surface area (TPSA) is 30.9 Å². The highest BCUT2D eigenvalue weighted by Crippen LogP contribution is 2.35. The van der Waals surface area contributed by atoms with Crippen LogP contribution >= 0.6 is 0 Å². The molecule has 4 nitrogen and oxygen atoms in total. The predicted molar refractivity (Wildman–Crippen MR) is 133 cm³/mol. The van der Waals surface area contributed by atoms with Crippen molar-refractivity contribution in [3.63, 3.8) is 0 Å². The largest absolute Gasteiger partial charge is 0.497 e. The van der Waals surface area contributed by atoms with Crippen molar-refractivity contribution in [1.82, 2.24) is 0 Å². The van der Waals surface area contributed by atoms with Crippen molar-refractivity contribution in [3.8, 4) is 11.5 Å². The fraction of sp³-hybridized carbons (Fsp3) is 0.310. The number of fused-ring (bicyclic) bond motifs is 2. The molecule has 0 radical (unpaired) electrons. The maximum absolute atomic E-state index is 6.12. The second-order valence-electron chi connectivity index (χ2n) is 8.65. The Kier molecular flexibility index (Phi) is 6.63. The summed E-state index contributed by atoms with van der Waals surface area (Å²) in [5, 5.41) is 0. The number of methoxy groups -OCH3 is 1. The van der Waals surface area contributed by atoms with E-state index in [0.29, 0.717) is 0 Å². The molecule has 0 saturated carbocycles. The van der Waals surface area contributed by atoms with Gasteiger partial charge in [-0.3, -0.25) is 0 Å². The summed E-state index contributed by atoms with van der Waals surface area (Å²) in [6.07, 6.45) is 17.4. The summed E-state index contributed by atoms with van der Waals surface area (Å²) < 4.78 is 17.5. The van der Waals surface area contributed by atoms with Gasteiger partial charge in [0.2, 0.25) is 0 Å². The average molecular weight is 442 g/mol. The van der Waals surface area contributed by atoms with Gasteiger partial charge in [0.15, 0.2) is 0 Å². The highest BCUT2D eigenvalue weighted by molar-refractivity contribution is 5.74. The summed E-state index contributed by atoms with van der Waals surface area (Å²) in [6.45, 7) is 1.54. The van der Waals surface area contributed by atoms with E-state index in [1.54, 1.807) is 7.11 Å². The molecule has 2 atom stereocenters. The fourth-order valence-electron chi connectivity index (χ4n) is 4.75. The molecule has 0 N–H and O–H groups in total. The lowest BCUT2D eigenvalue weighted by Crippen LogP contribution is -2.23. The van der Waals surface area contributed by atoms with Gasteiger partial charge >= 0.3 is 0 Å². The van der Waals surface area contributed by atoms with Gasteiger partial charge < -0.3 is 19.1 Å². The molecule has 2 aliphatic heterocycles. The number of ether oxygens (including phenoxy) is 3. The summed E-state index contributed by atoms with van der Waals surface area (Å²) in [5.41, 5.74) is 4.96. The van der Waals surface area contributed by atoms with Crippen LogP contribution in [0.1, 0.15) is 31.2 Å². The lowest BCUT2D eigenvalue weighted by Gasteiger charge is -2.26. The molecule has 33 heavy (non-hydrogen) atoms. The summed E-state index contributed by atoms with van der Waals surface area (Å²) >= 11 is 0. The van der Waals surface area contributed by atoms with E-state index in [1.807, 2.05) is 18.2 Å². The molecule has 0 spiro atoms. The van der Waals surface area contributed by atoms with Gasteiger partial charge in [0.25, 0.3) is 0 Å². The number of rotatable bonds is 4. The Hall–Kier alpha value is -3.24. The van der Waals surface area contributed by atoms with Crippen LogP contribution in [0.5, 0.6) is 11.5 Å². The minimum Gasteiger partial charge on any atom is -0.497 e. The minimum absolute atomic E-state index is 0.112. The lowest BCUT2D eigenvalue weighted by atomic mass is 9.88. The van der Waals surface area contributed by atoms with E-state index < -0.39 is 0 Å². The van der Waals surface area contributed by atoms with E-state index in [9.17, 15) is 0 Å². The second-order valence-corrected chi connectivity index (χ2v) is 8.65. The monoisotopic (exact) mass is 441 g/mol. The number of anilines is 1. The van der Waals surface area contributed by atoms with Gasteiger partial charge in [-0.15, -0.1) is 0 Å². The maximum Gasteiger partial charge on any atom is 0.126 e. The highest BCUT2D eigenvalue weighted by atomic mass is 16.5. The van der Waals surface area contributed by atoms with Crippen LogP contribution in [0.2, 0.25) is 0 Å². The van der Waals surface area contributed by atoms with Crippen molar-refractivity contribution in [3.05, 3.63) is 96.4 Å². The van der Waals surface area contributed by atoms with Crippen molar-refractivity contribution in [2.75, 3.05) is 25.2 Å². The molecule has 170 valence electrons. The van der Waals surface area contributed by atoms with Gasteiger partial charge in [0.1, 0.15) is 11.5 Å². The van der Waals surface area contributed by atoms with E-state index in [4.69, 9.17) is 14.2 Å². The third-order valence-electron chi connectivity index (χ3n) is 6.48. The van der Waals surface area contributed by atoms with Crippen LogP contribution in [-0.4, -0.2) is 26.4 Å². The molecule has 0 bridgehead atoms. The smallest absolute Gasteiger partial charge is 0.126 e. The first-order valence-corrected chi connectivity index (χ1v) is 11.8. The van der Waals surface area contributed by atoms with Crippen molar-refractivity contribution >= 4 is 11.3 Å². The summed E-state index contributed by atoms with van der Waals surface area (Å²) in [4.78, 5) is 2.28. The van der Waals surface area contributed by atoms with Gasteiger partial charge in [-0.25, -0.2) is 0 Å². The molecular weight excluding hydrogens is 410 g/mol. The number of hydrogen-bond acceptors (Lipinski definition) is 4. The van der Waals surface area contributed by atoms with Crippen LogP contribution in [0.15, 0.2) is 90.8 Å². The fourth-order valence-corrected chi connectivity index (χ4v) is 4.75. The Bertz CT molecular complexity index is 1080. The molecule has 1 saturated heterocycles. The highest BCUT2D eigenvalue weighted by Gasteiger charge is 2.26. The summed E-state index contributed by atoms with van der Waals surface area (Å²) in [5.74, 6) is 2.09. The number of nitrogens with zero attached hydrogens (tertiary/aromatic N) is 1. The third-order valence-corrected chi connectivity index (χ3v) is 6.48. The predicted octanol–water partition coefficient (Wildman–Crippen LogP) is 6.52. The Balaban J connectivity index is 1.58. The van der Waals surface area contributed by atoms with E-state index in [-0.39, 0.29) is 12.0 Å². The zero-order valence-corrected chi connectivity index (χ0v) is 19.2. The van der Waals surface area contributed by atoms with Crippen LogP contribution < -0.4 is 14.4 Å². The minimum atomic E-state index is 0.112. The van der Waals surface area contributed by atoms with Crippen molar-refractivity contribution in [1.29, 1.82) is 0 Å². The molecule has 5 rings (SSSR count). The molecule has 2 aromatic rings. The zero-order valence-electron chi connectivity index (χ0n) is 19.2. The van der Waals surface area contributed by atoms with E-state index in [1.165, 1.54) is 16.7 Å². The molecule has 2 heterocycles. The van der Waals surface area contributed by atoms with Gasteiger partial charge in [-0.1, -0.05) is 42.5 Å². The van der Waals surface area contributed by atoms with Crippen molar-refractivity contribution in [2.45, 2.75) is 31.8 Å². The quantitative estimate of drug-likeness (QED) is 0.540. The number of benzene rings is 2. The van der Waals surface area contributed by atoms with Gasteiger partial charge in [0, 0.05) is 36.2 Å². The SMILES string of the molecule is COc1ccc(N(/C=C2\CCCOc3ccccc32)/C=C2\CCCOC3C=CC=CC23)cc1. The summed E-state index contributed by atoms with van der Waals surface area (Å²) in [6, 6.07) is 16.6. The molecule has 3 aliphatic rings. The molecule has 1 fully saturated rings. The first kappa shape index (κ1) is 21.6. The third kappa shape index (κ3) is 4.91. The first-order valence-electron chi connectivity index (χ1n) is 11.8. The van der Waals surface area contributed by atoms with E-state index >= 15 is 0 Å². The second kappa shape index (κ2) is 10.1. The Labute approximate surface area is 196 Å². The van der Waals surface area contributed by atoms with Crippen molar-refractivity contribution < 1.29 is 14.2 Å². The van der Waals surface area contributed by atoms with E-state index in [0.717, 1.165) is 56.1 Å². The molecule has 0 aromatic heterocycles. The molecule has 4 heteroatoms. The summed E-state index contributed by atoms with van der Waals surface area (Å²) in [7, 11) is 1.70. The van der Waals surface area contributed by atoms with Gasteiger partial charge in [0.05, 0.1) is 19.8 Å². The molecule has 0 amide bonds. The number of allylic oxidation sites excluding steroid dienone is 3. The zero-order chi connectivity index (χ0) is 22.5. The Morgan fingerprint density at radius 3 is 2.61 bits per heavy atom. The van der Waals surface area contributed by atoms with Crippen LogP contribution in [0.25, 0.3) is 5.57 Å². The Morgan fingerprint density at radius 1 is 0.909 bits per heavy atom. The molecular formula is C29H31NO3. The Morgan fingerprint density at radius 2 is 1.73 bits per heavy atom. The van der Waals surface area contributed by atoms with Crippen LogP contribution in [0, 0.1) is 5.92 Å². The van der Waals surface area contributed by atoms with Crippen LogP contribution in [0.3, 0.4) is 0 Å². The molecule has 2 aromatic carbocycles. The van der Waals surface area contributed by atoms with Gasteiger partial charge in [-0.2, -0.15) is 0 Å². The average Bonchev–Trinajstić information content (AvgIpc) is 3.20. The normalized spacial score (nSPS) is 24.4. The van der Waals surface area contributed by atoms with Crippen LogP contribution in [-0.2, 0) is 4.74 Å². The lowest BCUT2D eigenvalue weighted by molar-refractivity contribution is 0.0761. The molecule has 2 unspecified atom stereocenters. The van der Waals surface area contributed by atoms with Crippen molar-refractivity contribution in [2.24, 2.45) is 5.92 Å². The maximum atomic E-state index is 6.12. The molecule has 1 aliphatic carbocycles.